The average Bonchev–Trinajstić information content (AvgIpc) is 3.08. The van der Waals surface area contributed by atoms with Gasteiger partial charge in [0.25, 0.3) is 0 Å². The van der Waals surface area contributed by atoms with Gasteiger partial charge in [0.1, 0.15) is 5.76 Å². The van der Waals surface area contributed by atoms with E-state index in [1.165, 1.54) is 22.0 Å². The number of rotatable bonds is 6. The van der Waals surface area contributed by atoms with Crippen LogP contribution in [0.1, 0.15) is 37.7 Å². The van der Waals surface area contributed by atoms with E-state index in [2.05, 4.69) is 56.2 Å². The number of fused-ring (bicyclic) bond motifs is 1. The van der Waals surface area contributed by atoms with E-state index in [1.807, 2.05) is 6.07 Å². The van der Waals surface area contributed by atoms with Crippen LogP contribution in [0.25, 0.3) is 10.9 Å². The van der Waals surface area contributed by atoms with E-state index in [1.54, 1.807) is 6.26 Å². The van der Waals surface area contributed by atoms with Crippen LogP contribution in [0, 0.1) is 11.8 Å². The first kappa shape index (κ1) is 15.0. The zero-order valence-corrected chi connectivity index (χ0v) is 13.7. The highest BCUT2D eigenvalue weighted by atomic mass is 16.3. The first-order valence-electron chi connectivity index (χ1n) is 8.23. The molecule has 2 nitrogen and oxygen atoms in total. The monoisotopic (exact) mass is 295 g/mol. The zero-order valence-electron chi connectivity index (χ0n) is 13.7. The molecule has 2 heterocycles. The molecule has 0 fully saturated rings. The van der Waals surface area contributed by atoms with Crippen molar-refractivity contribution in [3.8, 4) is 0 Å². The molecule has 2 heteroatoms. The number of hydrogen-bond donors (Lipinski definition) is 1. The molecular formula is C20H25NO. The van der Waals surface area contributed by atoms with E-state index in [4.69, 9.17) is 4.42 Å². The van der Waals surface area contributed by atoms with Crippen molar-refractivity contribution in [1.82, 2.24) is 4.98 Å². The minimum Gasteiger partial charge on any atom is -0.469 e. The van der Waals surface area contributed by atoms with Gasteiger partial charge in [0, 0.05) is 23.5 Å². The fourth-order valence-electron chi connectivity index (χ4n) is 3.22. The van der Waals surface area contributed by atoms with Crippen LogP contribution in [0.15, 0.2) is 47.2 Å². The standard InChI is InChI=1S/C20H25NO/c1-14(2)9-17-13-21-20-12-16(6-7-19(17)20)10-15(3)11-18-5-4-8-22-18/h4-8,12-15,21H,9-11H2,1-3H3. The topological polar surface area (TPSA) is 28.9 Å². The Morgan fingerprint density at radius 3 is 2.64 bits per heavy atom. The predicted octanol–water partition coefficient (Wildman–Crippen LogP) is 5.38. The molecule has 2 aromatic heterocycles. The van der Waals surface area contributed by atoms with Gasteiger partial charge in [0.15, 0.2) is 0 Å². The van der Waals surface area contributed by atoms with E-state index >= 15 is 0 Å². The van der Waals surface area contributed by atoms with Crippen LogP contribution >= 0.6 is 0 Å². The van der Waals surface area contributed by atoms with Gasteiger partial charge in [-0.2, -0.15) is 0 Å². The van der Waals surface area contributed by atoms with Crippen molar-refractivity contribution in [1.29, 1.82) is 0 Å². The molecule has 1 unspecified atom stereocenters. The molecule has 0 aliphatic heterocycles. The van der Waals surface area contributed by atoms with Crippen molar-refractivity contribution in [2.45, 2.75) is 40.0 Å². The second kappa shape index (κ2) is 6.43. The van der Waals surface area contributed by atoms with E-state index in [0.29, 0.717) is 11.8 Å². The third-order valence-corrected chi connectivity index (χ3v) is 4.17. The van der Waals surface area contributed by atoms with Crippen molar-refractivity contribution in [3.63, 3.8) is 0 Å². The second-order valence-electron chi connectivity index (χ2n) is 6.88. The van der Waals surface area contributed by atoms with Crippen molar-refractivity contribution in [2.75, 3.05) is 0 Å². The minimum absolute atomic E-state index is 0.577. The highest BCUT2D eigenvalue weighted by Gasteiger charge is 2.10. The summed E-state index contributed by atoms with van der Waals surface area (Å²) in [6.45, 7) is 6.82. The van der Waals surface area contributed by atoms with Gasteiger partial charge >= 0.3 is 0 Å². The van der Waals surface area contributed by atoms with Gasteiger partial charge in [0.2, 0.25) is 0 Å². The number of aromatic nitrogens is 1. The van der Waals surface area contributed by atoms with Crippen molar-refractivity contribution in [3.05, 3.63) is 59.7 Å². The van der Waals surface area contributed by atoms with Gasteiger partial charge in [-0.05, 0) is 54.0 Å². The maximum Gasteiger partial charge on any atom is 0.104 e. The van der Waals surface area contributed by atoms with Gasteiger partial charge in [0.05, 0.1) is 6.26 Å². The van der Waals surface area contributed by atoms with Crippen LogP contribution in [0.4, 0.5) is 0 Å². The van der Waals surface area contributed by atoms with Gasteiger partial charge in [-0.15, -0.1) is 0 Å². The quantitative estimate of drug-likeness (QED) is 0.649. The Balaban J connectivity index is 1.72. The summed E-state index contributed by atoms with van der Waals surface area (Å²) < 4.78 is 5.45. The van der Waals surface area contributed by atoms with Gasteiger partial charge in [-0.25, -0.2) is 0 Å². The Bertz CT molecular complexity index is 721. The SMILES string of the molecule is CC(C)Cc1c[nH]c2cc(CC(C)Cc3ccco3)ccc12. The highest BCUT2D eigenvalue weighted by Crippen LogP contribution is 2.24. The molecule has 0 aliphatic rings. The van der Waals surface area contributed by atoms with Gasteiger partial charge < -0.3 is 9.40 Å². The fraction of sp³-hybridized carbons (Fsp3) is 0.400. The minimum atomic E-state index is 0.577. The maximum atomic E-state index is 5.45. The lowest BCUT2D eigenvalue weighted by molar-refractivity contribution is 0.455. The summed E-state index contributed by atoms with van der Waals surface area (Å²) in [5.74, 6) is 2.34. The molecule has 0 bridgehead atoms. The van der Waals surface area contributed by atoms with E-state index < -0.39 is 0 Å². The molecule has 0 amide bonds. The number of furan rings is 1. The Kier molecular flexibility index (Phi) is 4.37. The van der Waals surface area contributed by atoms with Crippen LogP contribution in [-0.4, -0.2) is 4.98 Å². The molecule has 0 aliphatic carbocycles. The molecule has 0 saturated carbocycles. The van der Waals surface area contributed by atoms with Crippen molar-refractivity contribution in [2.24, 2.45) is 11.8 Å². The first-order valence-corrected chi connectivity index (χ1v) is 8.23. The third-order valence-electron chi connectivity index (χ3n) is 4.17. The molecule has 1 atom stereocenters. The Hall–Kier alpha value is -1.96. The number of hydrogen-bond acceptors (Lipinski definition) is 1. The smallest absolute Gasteiger partial charge is 0.104 e. The molecule has 1 aromatic carbocycles. The molecule has 0 radical (unpaired) electrons. The lowest BCUT2D eigenvalue weighted by Gasteiger charge is -2.10. The maximum absolute atomic E-state index is 5.45. The Morgan fingerprint density at radius 2 is 1.91 bits per heavy atom. The summed E-state index contributed by atoms with van der Waals surface area (Å²) in [6.07, 6.45) is 7.13. The third kappa shape index (κ3) is 3.44. The summed E-state index contributed by atoms with van der Waals surface area (Å²) in [6, 6.07) is 10.9. The second-order valence-corrected chi connectivity index (χ2v) is 6.88. The highest BCUT2D eigenvalue weighted by molar-refractivity contribution is 5.83. The number of benzene rings is 1. The average molecular weight is 295 g/mol. The Labute approximate surface area is 132 Å². The van der Waals surface area contributed by atoms with Crippen LogP contribution in [0.3, 0.4) is 0 Å². The zero-order chi connectivity index (χ0) is 15.5. The lowest BCUT2D eigenvalue weighted by Crippen LogP contribution is -2.03. The summed E-state index contributed by atoms with van der Waals surface area (Å²) in [4.78, 5) is 3.43. The van der Waals surface area contributed by atoms with E-state index in [-0.39, 0.29) is 0 Å². The van der Waals surface area contributed by atoms with Gasteiger partial charge in [-0.3, -0.25) is 0 Å². The van der Waals surface area contributed by atoms with Crippen molar-refractivity contribution < 1.29 is 4.42 Å². The molecule has 0 saturated heterocycles. The van der Waals surface area contributed by atoms with E-state index in [0.717, 1.165) is 25.0 Å². The summed E-state index contributed by atoms with van der Waals surface area (Å²) in [7, 11) is 0. The molecular weight excluding hydrogens is 270 g/mol. The van der Waals surface area contributed by atoms with Crippen molar-refractivity contribution >= 4 is 10.9 Å². The molecule has 1 N–H and O–H groups in total. The normalized spacial score (nSPS) is 13.1. The largest absolute Gasteiger partial charge is 0.469 e. The molecule has 0 spiro atoms. The first-order chi connectivity index (χ1) is 10.6. The lowest BCUT2D eigenvalue weighted by atomic mass is 9.95. The summed E-state index contributed by atoms with van der Waals surface area (Å²) >= 11 is 0. The number of aromatic amines is 1. The summed E-state index contributed by atoms with van der Waals surface area (Å²) in [5, 5.41) is 1.37. The van der Waals surface area contributed by atoms with Crippen LogP contribution < -0.4 is 0 Å². The van der Waals surface area contributed by atoms with Gasteiger partial charge in [-0.1, -0.05) is 32.9 Å². The molecule has 22 heavy (non-hydrogen) atoms. The molecule has 3 aromatic rings. The number of nitrogens with one attached hydrogen (secondary N) is 1. The molecule has 116 valence electrons. The summed E-state index contributed by atoms with van der Waals surface area (Å²) in [5.41, 5.74) is 4.09. The Morgan fingerprint density at radius 1 is 1.05 bits per heavy atom. The molecule has 3 rings (SSSR count). The predicted molar refractivity (Wildman–Crippen MR) is 92.1 cm³/mol. The fourth-order valence-corrected chi connectivity index (χ4v) is 3.22. The van der Waals surface area contributed by atoms with Crippen LogP contribution in [-0.2, 0) is 19.3 Å². The van der Waals surface area contributed by atoms with E-state index in [9.17, 15) is 0 Å². The van der Waals surface area contributed by atoms with Crippen LogP contribution in [0.5, 0.6) is 0 Å². The van der Waals surface area contributed by atoms with Crippen LogP contribution in [0.2, 0.25) is 0 Å². The number of H-pyrrole nitrogens is 1.